The largest absolute Gasteiger partial charge is 0.457 e. The lowest BCUT2D eigenvalue weighted by atomic mass is 10.1. The summed E-state index contributed by atoms with van der Waals surface area (Å²) in [5, 5.41) is 5.99. The highest BCUT2D eigenvalue weighted by atomic mass is 35.5. The lowest BCUT2D eigenvalue weighted by molar-refractivity contribution is -0.122. The summed E-state index contributed by atoms with van der Waals surface area (Å²) < 4.78 is 6.82. The SMILES string of the molecule is O=C1NC(=S)N(c2ccc(Oc3ccccc3)cc2)C(=O)/C1=C/c1csc2ccc(Cl)cc12. The first-order chi connectivity index (χ1) is 16.0. The number of hydrogen-bond acceptors (Lipinski definition) is 5. The van der Waals surface area contributed by atoms with Crippen LogP contribution in [0.25, 0.3) is 16.2 Å². The van der Waals surface area contributed by atoms with Gasteiger partial charge in [-0.1, -0.05) is 29.8 Å². The van der Waals surface area contributed by atoms with Crippen LogP contribution in [0.5, 0.6) is 11.5 Å². The highest BCUT2D eigenvalue weighted by Crippen LogP contribution is 2.32. The van der Waals surface area contributed by atoms with E-state index in [-0.39, 0.29) is 10.7 Å². The van der Waals surface area contributed by atoms with E-state index in [4.69, 9.17) is 28.6 Å². The van der Waals surface area contributed by atoms with E-state index in [1.165, 1.54) is 16.2 Å². The second kappa shape index (κ2) is 8.78. The van der Waals surface area contributed by atoms with E-state index in [1.54, 1.807) is 36.4 Å². The summed E-state index contributed by atoms with van der Waals surface area (Å²) >= 11 is 12.9. The molecule has 0 atom stereocenters. The predicted molar refractivity (Wildman–Crippen MR) is 136 cm³/mol. The Kier molecular flexibility index (Phi) is 5.68. The van der Waals surface area contributed by atoms with Crippen molar-refractivity contribution in [1.29, 1.82) is 0 Å². The third-order valence-corrected chi connectivity index (χ3v) is 6.54. The topological polar surface area (TPSA) is 58.6 Å². The van der Waals surface area contributed by atoms with Crippen LogP contribution in [-0.2, 0) is 9.59 Å². The first kappa shape index (κ1) is 21.3. The van der Waals surface area contributed by atoms with Gasteiger partial charge in [0, 0.05) is 15.1 Å². The van der Waals surface area contributed by atoms with Gasteiger partial charge in [0.15, 0.2) is 5.11 Å². The number of anilines is 1. The number of thiocarbonyl (C=S) groups is 1. The molecule has 2 heterocycles. The van der Waals surface area contributed by atoms with Crippen LogP contribution in [-0.4, -0.2) is 16.9 Å². The quantitative estimate of drug-likeness (QED) is 0.211. The van der Waals surface area contributed by atoms with Crippen molar-refractivity contribution in [2.24, 2.45) is 0 Å². The molecule has 0 bridgehead atoms. The number of carbonyl (C=O) groups is 2. The Morgan fingerprint density at radius 2 is 1.70 bits per heavy atom. The zero-order chi connectivity index (χ0) is 22.9. The average molecular weight is 491 g/mol. The smallest absolute Gasteiger partial charge is 0.270 e. The number of thiophene rings is 1. The molecular formula is C25H15ClN2O3S2. The first-order valence-corrected chi connectivity index (χ1v) is 11.6. The van der Waals surface area contributed by atoms with Gasteiger partial charge in [0.2, 0.25) is 0 Å². The number of ether oxygens (including phenoxy) is 1. The van der Waals surface area contributed by atoms with Gasteiger partial charge in [-0.2, -0.15) is 0 Å². The number of halogens is 1. The number of hydrogen-bond donors (Lipinski definition) is 1. The van der Waals surface area contributed by atoms with Crippen LogP contribution in [0, 0.1) is 0 Å². The third-order valence-electron chi connectivity index (χ3n) is 5.04. The van der Waals surface area contributed by atoms with Gasteiger partial charge in [-0.3, -0.25) is 19.8 Å². The molecule has 1 fully saturated rings. The highest BCUT2D eigenvalue weighted by molar-refractivity contribution is 7.80. The molecule has 0 unspecified atom stereocenters. The second-order valence-corrected chi connectivity index (χ2v) is 8.93. The van der Waals surface area contributed by atoms with E-state index >= 15 is 0 Å². The van der Waals surface area contributed by atoms with Crippen LogP contribution in [0.15, 0.2) is 83.7 Å². The molecule has 0 spiro atoms. The molecule has 162 valence electrons. The minimum atomic E-state index is -0.536. The van der Waals surface area contributed by atoms with Crippen molar-refractivity contribution in [2.45, 2.75) is 0 Å². The van der Waals surface area contributed by atoms with E-state index in [0.29, 0.717) is 22.2 Å². The number of nitrogens with one attached hydrogen (secondary N) is 1. The lowest BCUT2D eigenvalue weighted by Gasteiger charge is -2.29. The van der Waals surface area contributed by atoms with Crippen LogP contribution >= 0.6 is 35.2 Å². The summed E-state index contributed by atoms with van der Waals surface area (Å²) in [5.74, 6) is 0.283. The number of benzene rings is 3. The van der Waals surface area contributed by atoms with Crippen molar-refractivity contribution in [1.82, 2.24) is 5.32 Å². The fraction of sp³-hybridized carbons (Fsp3) is 0. The number of nitrogens with zero attached hydrogens (tertiary/aromatic N) is 1. The Balaban J connectivity index is 1.45. The summed E-state index contributed by atoms with van der Waals surface area (Å²) in [6, 6.07) is 21.8. The molecule has 0 saturated carbocycles. The van der Waals surface area contributed by atoms with Crippen molar-refractivity contribution in [3.63, 3.8) is 0 Å². The molecule has 3 aromatic carbocycles. The summed E-state index contributed by atoms with van der Waals surface area (Å²) in [6.45, 7) is 0. The standard InChI is InChI=1S/C25H15ClN2O3S2/c26-16-6-11-22-20(13-16)15(14-33-22)12-21-23(29)27-25(32)28(24(21)30)17-7-9-19(10-8-17)31-18-4-2-1-3-5-18/h1-14H,(H,27,29,32)/b21-12+. The van der Waals surface area contributed by atoms with Gasteiger partial charge in [-0.05, 0) is 83.8 Å². The molecule has 33 heavy (non-hydrogen) atoms. The summed E-state index contributed by atoms with van der Waals surface area (Å²) in [5.41, 5.74) is 1.26. The van der Waals surface area contributed by atoms with Crippen molar-refractivity contribution >= 4 is 73.9 Å². The van der Waals surface area contributed by atoms with E-state index in [1.807, 2.05) is 47.8 Å². The van der Waals surface area contributed by atoms with Crippen molar-refractivity contribution in [2.75, 3.05) is 4.90 Å². The molecule has 1 aromatic heterocycles. The summed E-state index contributed by atoms with van der Waals surface area (Å²) in [4.78, 5) is 27.2. The maximum absolute atomic E-state index is 13.3. The van der Waals surface area contributed by atoms with Crippen LogP contribution in [0.2, 0.25) is 5.02 Å². The van der Waals surface area contributed by atoms with Crippen molar-refractivity contribution in [3.8, 4) is 11.5 Å². The number of fused-ring (bicyclic) bond motifs is 1. The van der Waals surface area contributed by atoms with Crippen molar-refractivity contribution in [3.05, 3.63) is 94.3 Å². The Bertz CT molecular complexity index is 1430. The maximum atomic E-state index is 13.3. The average Bonchev–Trinajstić information content (AvgIpc) is 3.20. The Morgan fingerprint density at radius 1 is 0.970 bits per heavy atom. The molecular weight excluding hydrogens is 476 g/mol. The molecule has 1 N–H and O–H groups in total. The molecule has 4 aromatic rings. The van der Waals surface area contributed by atoms with E-state index < -0.39 is 11.8 Å². The van der Waals surface area contributed by atoms with Crippen molar-refractivity contribution < 1.29 is 14.3 Å². The Hall–Kier alpha value is -3.52. The zero-order valence-corrected chi connectivity index (χ0v) is 19.3. The van der Waals surface area contributed by atoms with Gasteiger partial charge in [-0.25, -0.2) is 0 Å². The van der Waals surface area contributed by atoms with Crippen LogP contribution in [0.1, 0.15) is 5.56 Å². The molecule has 1 saturated heterocycles. The minimum absolute atomic E-state index is 0.00659. The monoisotopic (exact) mass is 490 g/mol. The molecule has 0 radical (unpaired) electrons. The molecule has 8 heteroatoms. The Labute approximate surface area is 203 Å². The second-order valence-electron chi connectivity index (χ2n) is 7.20. The number of amides is 2. The molecule has 5 rings (SSSR count). The summed E-state index contributed by atoms with van der Waals surface area (Å²) in [6.07, 6.45) is 1.58. The minimum Gasteiger partial charge on any atom is -0.457 e. The van der Waals surface area contributed by atoms with Gasteiger partial charge in [0.05, 0.1) is 5.69 Å². The van der Waals surface area contributed by atoms with E-state index in [2.05, 4.69) is 5.32 Å². The Morgan fingerprint density at radius 3 is 2.45 bits per heavy atom. The molecule has 1 aliphatic rings. The van der Waals surface area contributed by atoms with Gasteiger partial charge in [0.25, 0.3) is 11.8 Å². The highest BCUT2D eigenvalue weighted by Gasteiger charge is 2.34. The fourth-order valence-electron chi connectivity index (χ4n) is 3.47. The van der Waals surface area contributed by atoms with E-state index in [9.17, 15) is 9.59 Å². The van der Waals surface area contributed by atoms with Crippen LogP contribution in [0.3, 0.4) is 0 Å². The van der Waals surface area contributed by atoms with Gasteiger partial charge in [0.1, 0.15) is 17.1 Å². The van der Waals surface area contributed by atoms with Gasteiger partial charge < -0.3 is 4.74 Å². The predicted octanol–water partition coefficient (Wildman–Crippen LogP) is 6.18. The van der Waals surface area contributed by atoms with Crippen LogP contribution < -0.4 is 15.0 Å². The zero-order valence-electron chi connectivity index (χ0n) is 16.9. The van der Waals surface area contributed by atoms with Gasteiger partial charge >= 0.3 is 0 Å². The third kappa shape index (κ3) is 4.26. The molecule has 5 nitrogen and oxygen atoms in total. The molecule has 1 aliphatic heterocycles. The van der Waals surface area contributed by atoms with E-state index in [0.717, 1.165) is 15.6 Å². The first-order valence-electron chi connectivity index (χ1n) is 9.91. The normalized spacial score (nSPS) is 15.2. The molecule has 2 amide bonds. The van der Waals surface area contributed by atoms with Gasteiger partial charge in [-0.15, -0.1) is 11.3 Å². The number of carbonyl (C=O) groups excluding carboxylic acids is 2. The fourth-order valence-corrected chi connectivity index (χ4v) is 4.82. The lowest BCUT2D eigenvalue weighted by Crippen LogP contribution is -2.54. The maximum Gasteiger partial charge on any atom is 0.270 e. The number of rotatable bonds is 4. The number of para-hydroxylation sites is 1. The summed E-state index contributed by atoms with van der Waals surface area (Å²) in [7, 11) is 0. The molecule has 0 aliphatic carbocycles. The van der Waals surface area contributed by atoms with Crippen LogP contribution in [0.4, 0.5) is 5.69 Å².